The quantitative estimate of drug-likeness (QED) is 0.628. The van der Waals surface area contributed by atoms with E-state index in [1.165, 1.54) is 12.3 Å². The number of carbonyl (C=O) groups excluding carboxylic acids is 2. The second-order valence-electron chi connectivity index (χ2n) is 6.81. The number of furan rings is 1. The van der Waals surface area contributed by atoms with Gasteiger partial charge in [0.15, 0.2) is 11.9 Å². The third kappa shape index (κ3) is 4.01. The molecule has 1 atom stereocenters. The molecule has 4 rings (SSSR count). The standard InChI is InChI=1S/C21H20N2O6/c1-14(28-16-6-4-15-5-7-19(24)29-18(15)13-16)20(25)22-8-10-23(11-9-22)21(26)17-3-2-12-27-17/h2-7,12-14H,8-11H2,1H3. The number of piperazine rings is 1. The largest absolute Gasteiger partial charge is 0.481 e. The minimum absolute atomic E-state index is 0.162. The summed E-state index contributed by atoms with van der Waals surface area (Å²) >= 11 is 0. The van der Waals surface area contributed by atoms with E-state index in [1.54, 1.807) is 53.1 Å². The third-order valence-electron chi connectivity index (χ3n) is 4.87. The molecule has 3 aromatic rings. The smallest absolute Gasteiger partial charge is 0.336 e. The summed E-state index contributed by atoms with van der Waals surface area (Å²) in [6.45, 7) is 3.38. The summed E-state index contributed by atoms with van der Waals surface area (Å²) in [6.07, 6.45) is 0.750. The fraction of sp³-hybridized carbons (Fsp3) is 0.286. The van der Waals surface area contributed by atoms with Crippen LogP contribution in [0.4, 0.5) is 0 Å². The van der Waals surface area contributed by atoms with Crippen LogP contribution in [0.15, 0.2) is 62.4 Å². The van der Waals surface area contributed by atoms with Crippen molar-refractivity contribution < 1.29 is 23.2 Å². The van der Waals surface area contributed by atoms with E-state index in [0.717, 1.165) is 5.39 Å². The number of hydrogen-bond donors (Lipinski definition) is 0. The number of rotatable bonds is 4. The van der Waals surface area contributed by atoms with Crippen molar-refractivity contribution in [2.24, 2.45) is 0 Å². The van der Waals surface area contributed by atoms with Crippen molar-refractivity contribution >= 4 is 22.8 Å². The van der Waals surface area contributed by atoms with Gasteiger partial charge in [0.25, 0.3) is 11.8 Å². The van der Waals surface area contributed by atoms with Crippen molar-refractivity contribution in [1.82, 2.24) is 9.80 Å². The van der Waals surface area contributed by atoms with Gasteiger partial charge in [-0.2, -0.15) is 0 Å². The summed E-state index contributed by atoms with van der Waals surface area (Å²) in [7, 11) is 0. The van der Waals surface area contributed by atoms with Gasteiger partial charge in [0.1, 0.15) is 11.3 Å². The van der Waals surface area contributed by atoms with Crippen molar-refractivity contribution in [2.75, 3.05) is 26.2 Å². The van der Waals surface area contributed by atoms with Crippen LogP contribution >= 0.6 is 0 Å². The zero-order valence-electron chi connectivity index (χ0n) is 15.9. The predicted octanol–water partition coefficient (Wildman–Crippen LogP) is 2.14. The van der Waals surface area contributed by atoms with Gasteiger partial charge in [-0.25, -0.2) is 4.79 Å². The number of benzene rings is 1. The summed E-state index contributed by atoms with van der Waals surface area (Å²) in [5, 5.41) is 0.772. The average Bonchev–Trinajstić information content (AvgIpc) is 3.27. The highest BCUT2D eigenvalue weighted by Crippen LogP contribution is 2.21. The van der Waals surface area contributed by atoms with E-state index in [-0.39, 0.29) is 11.8 Å². The molecule has 1 saturated heterocycles. The first-order chi connectivity index (χ1) is 14.0. The Morgan fingerprint density at radius 2 is 1.76 bits per heavy atom. The number of amides is 2. The molecule has 1 aliphatic heterocycles. The van der Waals surface area contributed by atoms with Gasteiger partial charge >= 0.3 is 5.63 Å². The van der Waals surface area contributed by atoms with Crippen LogP contribution in [0.5, 0.6) is 5.75 Å². The van der Waals surface area contributed by atoms with Gasteiger partial charge in [-0.3, -0.25) is 9.59 Å². The van der Waals surface area contributed by atoms with Gasteiger partial charge < -0.3 is 23.4 Å². The predicted molar refractivity (Wildman–Crippen MR) is 104 cm³/mol. The monoisotopic (exact) mass is 396 g/mol. The maximum atomic E-state index is 12.7. The van der Waals surface area contributed by atoms with Crippen LogP contribution in [0, 0.1) is 0 Å². The number of ether oxygens (including phenoxy) is 1. The fourth-order valence-electron chi connectivity index (χ4n) is 3.31. The van der Waals surface area contributed by atoms with E-state index in [4.69, 9.17) is 13.6 Å². The SMILES string of the molecule is CC(Oc1ccc2ccc(=O)oc2c1)C(=O)N1CCN(C(=O)c2ccco2)CC1. The molecule has 2 amide bonds. The lowest BCUT2D eigenvalue weighted by Gasteiger charge is -2.35. The van der Waals surface area contributed by atoms with Crippen molar-refractivity contribution in [3.63, 3.8) is 0 Å². The molecule has 0 bridgehead atoms. The van der Waals surface area contributed by atoms with Crippen LogP contribution in [0.3, 0.4) is 0 Å². The lowest BCUT2D eigenvalue weighted by atomic mass is 10.2. The second kappa shape index (κ2) is 7.83. The zero-order valence-corrected chi connectivity index (χ0v) is 15.9. The van der Waals surface area contributed by atoms with Crippen LogP contribution in [-0.2, 0) is 4.79 Å². The maximum absolute atomic E-state index is 12.7. The number of fused-ring (bicyclic) bond motifs is 1. The van der Waals surface area contributed by atoms with Gasteiger partial charge in [0.05, 0.1) is 6.26 Å². The van der Waals surface area contributed by atoms with Crippen molar-refractivity contribution in [2.45, 2.75) is 13.0 Å². The molecule has 0 spiro atoms. The molecule has 8 nitrogen and oxygen atoms in total. The first-order valence-corrected chi connectivity index (χ1v) is 9.33. The van der Waals surface area contributed by atoms with Gasteiger partial charge in [-0.15, -0.1) is 0 Å². The Morgan fingerprint density at radius 3 is 2.48 bits per heavy atom. The van der Waals surface area contributed by atoms with Crippen molar-refractivity contribution in [1.29, 1.82) is 0 Å². The molecule has 1 aromatic carbocycles. The Labute approximate surface area is 166 Å². The van der Waals surface area contributed by atoms with E-state index in [1.807, 2.05) is 0 Å². The Hall–Kier alpha value is -3.55. The fourth-order valence-corrected chi connectivity index (χ4v) is 3.31. The molecule has 0 aliphatic carbocycles. The Morgan fingerprint density at radius 1 is 1.03 bits per heavy atom. The molecule has 29 heavy (non-hydrogen) atoms. The van der Waals surface area contributed by atoms with Crippen molar-refractivity contribution in [3.05, 3.63) is 64.9 Å². The second-order valence-corrected chi connectivity index (χ2v) is 6.81. The highest BCUT2D eigenvalue weighted by molar-refractivity contribution is 5.91. The summed E-state index contributed by atoms with van der Waals surface area (Å²) in [5.41, 5.74) is -0.0413. The summed E-state index contributed by atoms with van der Waals surface area (Å²) in [6, 6.07) is 11.4. The molecular weight excluding hydrogens is 376 g/mol. The third-order valence-corrected chi connectivity index (χ3v) is 4.87. The highest BCUT2D eigenvalue weighted by Gasteiger charge is 2.29. The molecule has 1 aliphatic rings. The minimum Gasteiger partial charge on any atom is -0.481 e. The lowest BCUT2D eigenvalue weighted by Crippen LogP contribution is -2.53. The van der Waals surface area contributed by atoms with E-state index in [9.17, 15) is 14.4 Å². The van der Waals surface area contributed by atoms with E-state index in [2.05, 4.69) is 0 Å². The summed E-state index contributed by atoms with van der Waals surface area (Å²) in [4.78, 5) is 39.8. The van der Waals surface area contributed by atoms with Crippen LogP contribution < -0.4 is 10.4 Å². The molecule has 0 N–H and O–H groups in total. The summed E-state index contributed by atoms with van der Waals surface area (Å²) in [5.74, 6) is 0.400. The van der Waals surface area contributed by atoms with Crippen LogP contribution in [0.25, 0.3) is 11.0 Å². The Bertz CT molecular complexity index is 1080. The topological polar surface area (TPSA) is 93.2 Å². The van der Waals surface area contributed by atoms with Crippen molar-refractivity contribution in [3.8, 4) is 5.75 Å². The first kappa shape index (κ1) is 18.8. The molecule has 1 fully saturated rings. The summed E-state index contributed by atoms with van der Waals surface area (Å²) < 4.78 is 16.1. The molecule has 0 saturated carbocycles. The molecule has 2 aromatic heterocycles. The lowest BCUT2D eigenvalue weighted by molar-refractivity contribution is -0.139. The molecular formula is C21H20N2O6. The number of nitrogens with zero attached hydrogens (tertiary/aromatic N) is 2. The van der Waals surface area contributed by atoms with Gasteiger partial charge in [0.2, 0.25) is 0 Å². The van der Waals surface area contributed by atoms with Crippen LogP contribution in [0.2, 0.25) is 0 Å². The maximum Gasteiger partial charge on any atom is 0.336 e. The molecule has 3 heterocycles. The average molecular weight is 396 g/mol. The molecule has 150 valence electrons. The number of carbonyl (C=O) groups is 2. The Kier molecular flexibility index (Phi) is 5.07. The van der Waals surface area contributed by atoms with Crippen LogP contribution in [-0.4, -0.2) is 53.9 Å². The van der Waals surface area contributed by atoms with E-state index >= 15 is 0 Å². The van der Waals surface area contributed by atoms with E-state index in [0.29, 0.717) is 43.3 Å². The molecule has 0 radical (unpaired) electrons. The van der Waals surface area contributed by atoms with Crippen LogP contribution in [0.1, 0.15) is 17.5 Å². The Balaban J connectivity index is 1.36. The zero-order chi connectivity index (χ0) is 20.4. The van der Waals surface area contributed by atoms with Gasteiger partial charge in [0, 0.05) is 43.7 Å². The van der Waals surface area contributed by atoms with E-state index < -0.39 is 11.7 Å². The first-order valence-electron chi connectivity index (χ1n) is 9.33. The highest BCUT2D eigenvalue weighted by atomic mass is 16.5. The molecule has 8 heteroatoms. The van der Waals surface area contributed by atoms with Gasteiger partial charge in [-0.05, 0) is 37.3 Å². The molecule has 1 unspecified atom stereocenters. The van der Waals surface area contributed by atoms with Gasteiger partial charge in [-0.1, -0.05) is 0 Å². The normalized spacial score (nSPS) is 15.3. The minimum atomic E-state index is -0.713. The number of hydrogen-bond acceptors (Lipinski definition) is 6.